The summed E-state index contributed by atoms with van der Waals surface area (Å²) in [6.45, 7) is 6.51. The van der Waals surface area contributed by atoms with E-state index >= 15 is 0 Å². The van der Waals surface area contributed by atoms with Gasteiger partial charge in [0.1, 0.15) is 13.2 Å². The smallest absolute Gasteiger partial charge is 0.410 e. The van der Waals surface area contributed by atoms with E-state index in [4.69, 9.17) is 4.74 Å². The lowest BCUT2D eigenvalue weighted by Gasteiger charge is -2.30. The Morgan fingerprint density at radius 3 is 2.63 bits per heavy atom. The molecule has 0 unspecified atom stereocenters. The molecule has 0 aromatic heterocycles. The van der Waals surface area contributed by atoms with E-state index in [0.717, 1.165) is 5.56 Å². The maximum atomic E-state index is 12.7. The number of aryl methyl sites for hydroxylation is 1. The molecule has 3 heterocycles. The van der Waals surface area contributed by atoms with Crippen LogP contribution in [0.1, 0.15) is 24.1 Å². The molecule has 3 fully saturated rings. The maximum Gasteiger partial charge on any atom is 0.410 e. The van der Waals surface area contributed by atoms with E-state index in [1.165, 1.54) is 10.5 Å². The standard InChI is InChI=1S/C20H25N3O4/c1-13-5-3-4-6-16(13)19-17-11-22(9-15(17)10-23(19)14(2)24)18(25)12-21-7-8-27-20(21)26/h3-6,15,17,19H,7-12H2,1-2H3/t15-,17-,19+/m1/s1. The van der Waals surface area contributed by atoms with Gasteiger partial charge in [-0.25, -0.2) is 4.79 Å². The summed E-state index contributed by atoms with van der Waals surface area (Å²) in [5.41, 5.74) is 2.33. The second kappa shape index (κ2) is 6.87. The molecule has 0 saturated carbocycles. The number of amides is 3. The van der Waals surface area contributed by atoms with Gasteiger partial charge in [-0.1, -0.05) is 24.3 Å². The van der Waals surface area contributed by atoms with Crippen LogP contribution in [0.2, 0.25) is 0 Å². The number of cyclic esters (lactones) is 1. The highest BCUT2D eigenvalue weighted by atomic mass is 16.6. The molecule has 3 saturated heterocycles. The molecule has 3 aliphatic rings. The SMILES string of the molecule is CC(=O)N1C[C@H]2CN(C(=O)CN3CCOC3=O)C[C@H]2[C@@H]1c1ccccc1C. The predicted molar refractivity (Wildman–Crippen MR) is 97.8 cm³/mol. The average Bonchev–Trinajstić information content (AvgIpc) is 3.30. The highest BCUT2D eigenvalue weighted by Gasteiger charge is 2.49. The van der Waals surface area contributed by atoms with E-state index in [9.17, 15) is 14.4 Å². The number of carbonyl (C=O) groups is 3. The van der Waals surface area contributed by atoms with E-state index in [2.05, 4.69) is 19.1 Å². The third-order valence-corrected chi connectivity index (χ3v) is 6.10. The number of hydrogen-bond donors (Lipinski definition) is 0. The van der Waals surface area contributed by atoms with E-state index in [-0.39, 0.29) is 36.2 Å². The van der Waals surface area contributed by atoms with Gasteiger partial charge in [-0.2, -0.15) is 0 Å². The number of rotatable bonds is 3. The Morgan fingerprint density at radius 1 is 1.19 bits per heavy atom. The molecule has 3 amide bonds. The van der Waals surface area contributed by atoms with Crippen molar-refractivity contribution in [1.29, 1.82) is 0 Å². The van der Waals surface area contributed by atoms with E-state index < -0.39 is 6.09 Å². The lowest BCUT2D eigenvalue weighted by Crippen LogP contribution is -2.42. The Bertz CT molecular complexity index is 780. The van der Waals surface area contributed by atoms with Gasteiger partial charge in [0.25, 0.3) is 0 Å². The summed E-state index contributed by atoms with van der Waals surface area (Å²) in [4.78, 5) is 41.8. The molecule has 1 aromatic rings. The van der Waals surface area contributed by atoms with Crippen molar-refractivity contribution in [3.63, 3.8) is 0 Å². The van der Waals surface area contributed by atoms with Crippen molar-refractivity contribution < 1.29 is 19.1 Å². The van der Waals surface area contributed by atoms with Crippen molar-refractivity contribution in [2.24, 2.45) is 11.8 Å². The Morgan fingerprint density at radius 2 is 1.96 bits per heavy atom. The minimum Gasteiger partial charge on any atom is -0.448 e. The Hall–Kier alpha value is -2.57. The normalized spacial score (nSPS) is 27.1. The summed E-state index contributed by atoms with van der Waals surface area (Å²) in [6, 6.07) is 8.16. The fourth-order valence-electron chi connectivity index (χ4n) is 4.72. The predicted octanol–water partition coefficient (Wildman–Crippen LogP) is 1.43. The molecular weight excluding hydrogens is 346 g/mol. The number of benzene rings is 1. The first kappa shape index (κ1) is 17.8. The fraction of sp³-hybridized carbons (Fsp3) is 0.550. The number of fused-ring (bicyclic) bond motifs is 1. The number of hydrogen-bond acceptors (Lipinski definition) is 4. The van der Waals surface area contributed by atoms with Crippen LogP contribution in [0.4, 0.5) is 4.79 Å². The first-order valence-electron chi connectivity index (χ1n) is 9.48. The molecule has 3 aliphatic heterocycles. The zero-order valence-electron chi connectivity index (χ0n) is 15.8. The van der Waals surface area contributed by atoms with Crippen molar-refractivity contribution in [2.75, 3.05) is 39.3 Å². The van der Waals surface area contributed by atoms with Crippen LogP contribution in [0.25, 0.3) is 0 Å². The monoisotopic (exact) mass is 371 g/mol. The van der Waals surface area contributed by atoms with Crippen LogP contribution >= 0.6 is 0 Å². The van der Waals surface area contributed by atoms with Crippen LogP contribution in [0, 0.1) is 18.8 Å². The second-order valence-electron chi connectivity index (χ2n) is 7.73. The van der Waals surface area contributed by atoms with Crippen molar-refractivity contribution in [3.8, 4) is 0 Å². The lowest BCUT2D eigenvalue weighted by atomic mass is 9.87. The van der Waals surface area contributed by atoms with Gasteiger partial charge in [-0.3, -0.25) is 14.5 Å². The third kappa shape index (κ3) is 3.15. The summed E-state index contributed by atoms with van der Waals surface area (Å²) in [7, 11) is 0. The van der Waals surface area contributed by atoms with Gasteiger partial charge in [-0.15, -0.1) is 0 Å². The van der Waals surface area contributed by atoms with Crippen molar-refractivity contribution in [1.82, 2.24) is 14.7 Å². The van der Waals surface area contributed by atoms with Crippen LogP contribution in [-0.4, -0.2) is 71.9 Å². The maximum absolute atomic E-state index is 12.7. The Balaban J connectivity index is 1.52. The summed E-state index contributed by atoms with van der Waals surface area (Å²) in [5.74, 6) is 0.536. The van der Waals surface area contributed by atoms with Gasteiger partial charge >= 0.3 is 6.09 Å². The van der Waals surface area contributed by atoms with Crippen LogP contribution in [0.15, 0.2) is 24.3 Å². The molecule has 7 nitrogen and oxygen atoms in total. The van der Waals surface area contributed by atoms with Crippen LogP contribution in [-0.2, 0) is 14.3 Å². The van der Waals surface area contributed by atoms with Gasteiger partial charge in [0.05, 0.1) is 12.6 Å². The van der Waals surface area contributed by atoms with Crippen LogP contribution in [0.5, 0.6) is 0 Å². The molecule has 0 spiro atoms. The minimum atomic E-state index is -0.414. The van der Waals surface area contributed by atoms with E-state index in [1.54, 1.807) is 6.92 Å². The largest absolute Gasteiger partial charge is 0.448 e. The van der Waals surface area contributed by atoms with Gasteiger partial charge in [-0.05, 0) is 18.1 Å². The molecule has 27 heavy (non-hydrogen) atoms. The molecule has 0 aliphatic carbocycles. The summed E-state index contributed by atoms with van der Waals surface area (Å²) in [5, 5.41) is 0. The molecule has 1 aromatic carbocycles. The van der Waals surface area contributed by atoms with Crippen molar-refractivity contribution >= 4 is 17.9 Å². The summed E-state index contributed by atoms with van der Waals surface area (Å²) in [6.07, 6.45) is -0.414. The van der Waals surface area contributed by atoms with Gasteiger partial charge in [0, 0.05) is 38.4 Å². The number of likely N-dealkylation sites (tertiary alicyclic amines) is 2. The first-order valence-corrected chi connectivity index (χ1v) is 9.48. The van der Waals surface area contributed by atoms with Gasteiger partial charge in [0.15, 0.2) is 0 Å². The molecule has 0 radical (unpaired) electrons. The number of nitrogens with zero attached hydrogens (tertiary/aromatic N) is 3. The molecule has 0 N–H and O–H groups in total. The lowest BCUT2D eigenvalue weighted by molar-refractivity contribution is -0.132. The Kier molecular flexibility index (Phi) is 4.53. The Labute approximate surface area is 158 Å². The van der Waals surface area contributed by atoms with E-state index in [0.29, 0.717) is 32.8 Å². The van der Waals surface area contributed by atoms with Gasteiger partial charge in [0.2, 0.25) is 11.8 Å². The topological polar surface area (TPSA) is 70.2 Å². The zero-order chi connectivity index (χ0) is 19.1. The average molecular weight is 371 g/mol. The molecule has 7 heteroatoms. The van der Waals surface area contributed by atoms with Crippen molar-refractivity contribution in [3.05, 3.63) is 35.4 Å². The van der Waals surface area contributed by atoms with Crippen molar-refractivity contribution in [2.45, 2.75) is 19.9 Å². The summed E-state index contributed by atoms with van der Waals surface area (Å²) < 4.78 is 4.90. The molecule has 4 rings (SSSR count). The number of carbonyl (C=O) groups excluding carboxylic acids is 3. The quantitative estimate of drug-likeness (QED) is 0.806. The molecule has 144 valence electrons. The minimum absolute atomic E-state index is 0.00301. The highest BCUT2D eigenvalue weighted by Crippen LogP contribution is 2.45. The molecular formula is C20H25N3O4. The third-order valence-electron chi connectivity index (χ3n) is 6.10. The highest BCUT2D eigenvalue weighted by molar-refractivity contribution is 5.83. The van der Waals surface area contributed by atoms with Crippen LogP contribution in [0.3, 0.4) is 0 Å². The van der Waals surface area contributed by atoms with Gasteiger partial charge < -0.3 is 14.5 Å². The second-order valence-corrected chi connectivity index (χ2v) is 7.73. The van der Waals surface area contributed by atoms with E-state index in [1.807, 2.05) is 21.9 Å². The molecule has 3 atom stereocenters. The fourth-order valence-corrected chi connectivity index (χ4v) is 4.72. The number of ether oxygens (including phenoxy) is 1. The van der Waals surface area contributed by atoms with Crippen LogP contribution < -0.4 is 0 Å². The zero-order valence-corrected chi connectivity index (χ0v) is 15.8. The summed E-state index contributed by atoms with van der Waals surface area (Å²) >= 11 is 0. The molecule has 0 bridgehead atoms. The first-order chi connectivity index (χ1) is 13.0.